The number of rotatable bonds is 6. The number of carbonyl (C=O) groups is 2. The number of nitrogens with one attached hydrogen (secondary N) is 1. The van der Waals surface area contributed by atoms with Crippen LogP contribution in [0, 0.1) is 0 Å². The highest BCUT2D eigenvalue weighted by molar-refractivity contribution is 6.05. The van der Waals surface area contributed by atoms with Crippen molar-refractivity contribution in [1.82, 2.24) is 20.0 Å². The van der Waals surface area contributed by atoms with E-state index in [-0.39, 0.29) is 23.3 Å². The van der Waals surface area contributed by atoms with Crippen molar-refractivity contribution in [1.29, 1.82) is 0 Å². The number of ether oxygens (including phenoxy) is 2. The van der Waals surface area contributed by atoms with Gasteiger partial charge in [-0.05, 0) is 24.6 Å². The number of hydrogen-bond acceptors (Lipinski definition) is 7. The first-order valence-electron chi connectivity index (χ1n) is 10.1. The molecule has 0 radical (unpaired) electrons. The minimum atomic E-state index is -4.91. The van der Waals surface area contributed by atoms with Gasteiger partial charge in [0.15, 0.2) is 11.5 Å². The highest BCUT2D eigenvalue weighted by atomic mass is 19.4. The number of benzene rings is 1. The molecule has 4 rings (SSSR count). The molecule has 0 aliphatic carbocycles. The molecule has 13 heteroatoms. The molecule has 0 atom stereocenters. The first-order chi connectivity index (χ1) is 16.2. The molecule has 1 N–H and O–H groups in total. The fourth-order valence-electron chi connectivity index (χ4n) is 3.58. The Labute approximate surface area is 191 Å². The maximum Gasteiger partial charge on any atom is 0.434 e. The molecule has 1 aromatic carbocycles. The van der Waals surface area contributed by atoms with E-state index >= 15 is 0 Å². The van der Waals surface area contributed by atoms with Gasteiger partial charge in [0.1, 0.15) is 5.75 Å². The van der Waals surface area contributed by atoms with Gasteiger partial charge >= 0.3 is 6.18 Å². The fourth-order valence-corrected chi connectivity index (χ4v) is 3.58. The summed E-state index contributed by atoms with van der Waals surface area (Å²) in [5.41, 5.74) is -1.31. The van der Waals surface area contributed by atoms with Gasteiger partial charge in [0.05, 0.1) is 31.7 Å². The Morgan fingerprint density at radius 3 is 2.50 bits per heavy atom. The molecule has 0 bridgehead atoms. The third-order valence-corrected chi connectivity index (χ3v) is 5.14. The lowest BCUT2D eigenvalue weighted by atomic mass is 10.2. The Kier molecular flexibility index (Phi) is 6.09. The minimum absolute atomic E-state index is 0.0565. The predicted molar refractivity (Wildman–Crippen MR) is 113 cm³/mol. The summed E-state index contributed by atoms with van der Waals surface area (Å²) < 4.78 is 52.3. The van der Waals surface area contributed by atoms with Crippen molar-refractivity contribution in [2.45, 2.75) is 19.0 Å². The lowest BCUT2D eigenvalue weighted by molar-refractivity contribution is -0.143. The van der Waals surface area contributed by atoms with Crippen molar-refractivity contribution in [3.63, 3.8) is 0 Å². The van der Waals surface area contributed by atoms with E-state index in [1.165, 1.54) is 38.5 Å². The first-order valence-corrected chi connectivity index (χ1v) is 10.1. The second-order valence-electron chi connectivity index (χ2n) is 7.24. The molecule has 2 aromatic heterocycles. The standard InChI is InChI=1S/C21H19F3N6O4/c1-33-15-10-12(5-6-14(15)29-9-3-4-18(29)31)26-20(32)13-11-25-30(19(13)21(22,23)24)16-7-8-17(34-2)28-27-16/h5-8,10-11H,3-4,9H2,1-2H3,(H,26,32). The van der Waals surface area contributed by atoms with E-state index < -0.39 is 23.3 Å². The average molecular weight is 476 g/mol. The lowest BCUT2D eigenvalue weighted by Crippen LogP contribution is -2.24. The summed E-state index contributed by atoms with van der Waals surface area (Å²) in [4.78, 5) is 26.4. The van der Waals surface area contributed by atoms with Crippen molar-refractivity contribution in [3.8, 4) is 17.4 Å². The zero-order chi connectivity index (χ0) is 24.5. The van der Waals surface area contributed by atoms with Gasteiger partial charge in [0.25, 0.3) is 5.91 Å². The predicted octanol–water partition coefficient (Wildman–Crippen LogP) is 3.08. The van der Waals surface area contributed by atoms with E-state index in [0.717, 1.165) is 6.20 Å². The molecule has 0 saturated carbocycles. The quantitative estimate of drug-likeness (QED) is 0.582. The van der Waals surface area contributed by atoms with Gasteiger partial charge in [0.2, 0.25) is 11.8 Å². The second-order valence-corrected chi connectivity index (χ2v) is 7.24. The Bertz CT molecular complexity index is 1230. The number of aromatic nitrogens is 4. The van der Waals surface area contributed by atoms with Gasteiger partial charge < -0.3 is 19.7 Å². The number of methoxy groups -OCH3 is 2. The summed E-state index contributed by atoms with van der Waals surface area (Å²) >= 11 is 0. The minimum Gasteiger partial charge on any atom is -0.494 e. The lowest BCUT2D eigenvalue weighted by Gasteiger charge is -2.19. The molecule has 2 amide bonds. The third kappa shape index (κ3) is 4.36. The monoisotopic (exact) mass is 476 g/mol. The molecule has 34 heavy (non-hydrogen) atoms. The normalized spacial score (nSPS) is 13.8. The number of hydrogen-bond donors (Lipinski definition) is 1. The van der Waals surface area contributed by atoms with Crippen LogP contribution in [-0.2, 0) is 11.0 Å². The number of halogens is 3. The largest absolute Gasteiger partial charge is 0.494 e. The zero-order valence-corrected chi connectivity index (χ0v) is 18.1. The van der Waals surface area contributed by atoms with E-state index in [2.05, 4.69) is 20.6 Å². The van der Waals surface area contributed by atoms with Crippen LogP contribution in [-0.4, -0.2) is 52.6 Å². The molecule has 3 heterocycles. The molecule has 1 saturated heterocycles. The number of amides is 2. The summed E-state index contributed by atoms with van der Waals surface area (Å²) in [5.74, 6) is -0.928. The van der Waals surface area contributed by atoms with Crippen LogP contribution in [0.25, 0.3) is 5.82 Å². The molecule has 0 unspecified atom stereocenters. The number of alkyl halides is 3. The Balaban J connectivity index is 1.64. The highest BCUT2D eigenvalue weighted by Crippen LogP contribution is 2.36. The summed E-state index contributed by atoms with van der Waals surface area (Å²) in [6.45, 7) is 0.531. The van der Waals surface area contributed by atoms with Crippen LogP contribution < -0.4 is 19.7 Å². The summed E-state index contributed by atoms with van der Waals surface area (Å²) in [7, 11) is 2.73. The third-order valence-electron chi connectivity index (χ3n) is 5.14. The Morgan fingerprint density at radius 1 is 1.12 bits per heavy atom. The van der Waals surface area contributed by atoms with Gasteiger partial charge in [-0.15, -0.1) is 10.2 Å². The molecule has 1 aliphatic heterocycles. The van der Waals surface area contributed by atoms with Crippen molar-refractivity contribution >= 4 is 23.2 Å². The van der Waals surface area contributed by atoms with E-state index in [1.54, 1.807) is 11.0 Å². The maximum atomic E-state index is 13.9. The molecular formula is C21H19F3N6O4. The maximum absolute atomic E-state index is 13.9. The van der Waals surface area contributed by atoms with Crippen LogP contribution in [0.3, 0.4) is 0 Å². The molecule has 1 aliphatic rings. The first kappa shape index (κ1) is 23.0. The van der Waals surface area contributed by atoms with Gasteiger partial charge in [0, 0.05) is 30.8 Å². The van der Waals surface area contributed by atoms with Crippen molar-refractivity contribution in [3.05, 3.63) is 47.8 Å². The van der Waals surface area contributed by atoms with E-state index in [4.69, 9.17) is 9.47 Å². The topological polar surface area (TPSA) is 111 Å². The molecule has 3 aromatic rings. The van der Waals surface area contributed by atoms with Gasteiger partial charge in [-0.25, -0.2) is 4.68 Å². The average Bonchev–Trinajstić information content (AvgIpc) is 3.45. The summed E-state index contributed by atoms with van der Waals surface area (Å²) in [5, 5.41) is 13.4. The highest BCUT2D eigenvalue weighted by Gasteiger charge is 2.41. The van der Waals surface area contributed by atoms with Crippen LogP contribution in [0.5, 0.6) is 11.6 Å². The Morgan fingerprint density at radius 2 is 1.91 bits per heavy atom. The summed E-state index contributed by atoms with van der Waals surface area (Å²) in [6.07, 6.45) is -2.98. The van der Waals surface area contributed by atoms with E-state index in [9.17, 15) is 22.8 Å². The van der Waals surface area contributed by atoms with E-state index in [1.807, 2.05) is 0 Å². The van der Waals surface area contributed by atoms with Gasteiger partial charge in [-0.2, -0.15) is 18.3 Å². The SMILES string of the molecule is COc1ccc(-n2ncc(C(=O)Nc3ccc(N4CCCC4=O)c(OC)c3)c2C(F)(F)F)nn1. The van der Waals surface area contributed by atoms with Crippen LogP contribution >= 0.6 is 0 Å². The molecule has 1 fully saturated rings. The smallest absolute Gasteiger partial charge is 0.434 e. The van der Waals surface area contributed by atoms with E-state index in [0.29, 0.717) is 35.5 Å². The fraction of sp³-hybridized carbons (Fsp3) is 0.286. The number of carbonyl (C=O) groups excluding carboxylic acids is 2. The van der Waals surface area contributed by atoms with Crippen LogP contribution in [0.2, 0.25) is 0 Å². The van der Waals surface area contributed by atoms with Gasteiger partial charge in [-0.3, -0.25) is 9.59 Å². The van der Waals surface area contributed by atoms with Crippen molar-refractivity contribution in [2.24, 2.45) is 0 Å². The second kappa shape index (κ2) is 9.00. The zero-order valence-electron chi connectivity index (χ0n) is 18.1. The molecule has 178 valence electrons. The van der Waals surface area contributed by atoms with Gasteiger partial charge in [-0.1, -0.05) is 0 Å². The number of nitrogens with zero attached hydrogens (tertiary/aromatic N) is 5. The van der Waals surface area contributed by atoms with Crippen molar-refractivity contribution < 1.29 is 32.2 Å². The molecule has 10 nitrogen and oxygen atoms in total. The molecule has 0 spiro atoms. The number of anilines is 2. The molecular weight excluding hydrogens is 457 g/mol. The van der Waals surface area contributed by atoms with Crippen molar-refractivity contribution in [2.75, 3.05) is 31.0 Å². The van der Waals surface area contributed by atoms with Crippen LogP contribution in [0.15, 0.2) is 36.5 Å². The Hall–Kier alpha value is -4.16. The van der Waals surface area contributed by atoms with Crippen LogP contribution in [0.4, 0.5) is 24.5 Å². The van der Waals surface area contributed by atoms with Crippen LogP contribution in [0.1, 0.15) is 28.9 Å². The summed E-state index contributed by atoms with van der Waals surface area (Å²) in [6, 6.07) is 7.04.